The van der Waals surface area contributed by atoms with Gasteiger partial charge in [-0.05, 0) is 35.9 Å². The Morgan fingerprint density at radius 1 is 0.973 bits per heavy atom. The summed E-state index contributed by atoms with van der Waals surface area (Å²) in [5.41, 5.74) is 1.26. The van der Waals surface area contributed by atoms with Gasteiger partial charge in [-0.3, -0.25) is 19.3 Å². The molecule has 37 heavy (non-hydrogen) atoms. The van der Waals surface area contributed by atoms with Gasteiger partial charge in [0.2, 0.25) is 0 Å². The minimum atomic E-state index is -1.47. The molecular formula is C26H18Cl2N3O6-. The molecule has 2 N–H and O–H groups in total. The van der Waals surface area contributed by atoms with Crippen LogP contribution >= 0.6 is 23.2 Å². The van der Waals surface area contributed by atoms with Gasteiger partial charge in [0.15, 0.2) is 0 Å². The maximum atomic E-state index is 12.8. The summed E-state index contributed by atoms with van der Waals surface area (Å²) >= 11 is 12.3. The van der Waals surface area contributed by atoms with Crippen molar-refractivity contribution in [2.75, 3.05) is 17.7 Å². The van der Waals surface area contributed by atoms with Crippen molar-refractivity contribution in [3.8, 4) is 5.75 Å². The second-order valence-electron chi connectivity index (χ2n) is 7.85. The van der Waals surface area contributed by atoms with Gasteiger partial charge in [0.25, 0.3) is 17.7 Å². The average molecular weight is 539 g/mol. The van der Waals surface area contributed by atoms with E-state index in [0.29, 0.717) is 5.69 Å². The topological polar surface area (TPSA) is 128 Å². The van der Waals surface area contributed by atoms with Crippen molar-refractivity contribution < 1.29 is 29.0 Å². The van der Waals surface area contributed by atoms with Gasteiger partial charge in [-0.15, -0.1) is 0 Å². The molecule has 11 heteroatoms. The summed E-state index contributed by atoms with van der Waals surface area (Å²) in [7, 11) is 1.28. The Morgan fingerprint density at radius 3 is 2.27 bits per heavy atom. The fourth-order valence-electron chi connectivity index (χ4n) is 3.59. The Kier molecular flexibility index (Phi) is 7.47. The number of anilines is 2. The van der Waals surface area contributed by atoms with Gasteiger partial charge >= 0.3 is 0 Å². The second-order valence-corrected chi connectivity index (χ2v) is 8.63. The summed E-state index contributed by atoms with van der Waals surface area (Å²) in [6.07, 6.45) is 0. The molecule has 3 amide bonds. The van der Waals surface area contributed by atoms with Crippen LogP contribution < -0.4 is 20.5 Å². The van der Waals surface area contributed by atoms with E-state index in [1.54, 1.807) is 24.3 Å². The van der Waals surface area contributed by atoms with Crippen LogP contribution in [0.1, 0.15) is 26.3 Å². The van der Waals surface area contributed by atoms with Crippen LogP contribution in [0.5, 0.6) is 5.75 Å². The minimum absolute atomic E-state index is 0.0160. The van der Waals surface area contributed by atoms with E-state index in [2.05, 4.69) is 10.6 Å². The van der Waals surface area contributed by atoms with Crippen molar-refractivity contribution in [2.24, 2.45) is 0 Å². The largest absolute Gasteiger partial charge is 0.545 e. The molecular weight excluding hydrogens is 521 g/mol. The van der Waals surface area contributed by atoms with Gasteiger partial charge in [-0.1, -0.05) is 53.5 Å². The summed E-state index contributed by atoms with van der Waals surface area (Å²) < 4.78 is 5.03. The number of ether oxygens (including phenoxy) is 1. The Balaban J connectivity index is 1.46. The molecule has 1 aliphatic heterocycles. The zero-order valence-electron chi connectivity index (χ0n) is 19.2. The first kappa shape index (κ1) is 25.7. The van der Waals surface area contributed by atoms with E-state index in [1.165, 1.54) is 37.4 Å². The van der Waals surface area contributed by atoms with E-state index in [-0.39, 0.29) is 44.9 Å². The van der Waals surface area contributed by atoms with Gasteiger partial charge < -0.3 is 25.3 Å². The number of carboxylic acid groups (broad SMARTS) is 1. The minimum Gasteiger partial charge on any atom is -0.545 e. The highest BCUT2D eigenvalue weighted by atomic mass is 35.5. The molecule has 4 rings (SSSR count). The molecule has 0 bridgehead atoms. The average Bonchev–Trinajstić information content (AvgIpc) is 3.09. The molecule has 1 aliphatic rings. The third-order valence-corrected chi connectivity index (χ3v) is 6.13. The molecule has 0 radical (unpaired) electrons. The van der Waals surface area contributed by atoms with E-state index in [1.807, 2.05) is 6.07 Å². The third kappa shape index (κ3) is 5.42. The molecule has 0 fully saturated rings. The van der Waals surface area contributed by atoms with E-state index in [9.17, 15) is 24.3 Å². The number of imide groups is 1. The van der Waals surface area contributed by atoms with Crippen molar-refractivity contribution >= 4 is 58.3 Å². The summed E-state index contributed by atoms with van der Waals surface area (Å²) in [5.74, 6) is -3.20. The lowest BCUT2D eigenvalue weighted by molar-refractivity contribution is -0.255. The number of nitrogens with zero attached hydrogens (tertiary/aromatic N) is 1. The maximum absolute atomic E-state index is 12.8. The molecule has 9 nitrogen and oxygen atoms in total. The number of nitrogens with one attached hydrogen (secondary N) is 2. The number of carboxylic acids is 1. The van der Waals surface area contributed by atoms with Gasteiger partial charge in [-0.2, -0.15) is 0 Å². The zero-order valence-corrected chi connectivity index (χ0v) is 20.7. The molecule has 188 valence electrons. The normalized spacial score (nSPS) is 13.1. The van der Waals surface area contributed by atoms with E-state index < -0.39 is 23.7 Å². The number of aromatic carboxylic acids is 1. The van der Waals surface area contributed by atoms with Gasteiger partial charge in [0.1, 0.15) is 16.5 Å². The van der Waals surface area contributed by atoms with Crippen molar-refractivity contribution in [1.29, 1.82) is 0 Å². The highest BCUT2D eigenvalue weighted by Gasteiger charge is 2.37. The van der Waals surface area contributed by atoms with E-state index >= 15 is 0 Å². The predicted molar refractivity (Wildman–Crippen MR) is 135 cm³/mol. The van der Waals surface area contributed by atoms with Crippen molar-refractivity contribution in [1.82, 2.24) is 4.90 Å². The summed E-state index contributed by atoms with van der Waals surface area (Å²) in [6.45, 7) is 0.0797. The molecule has 3 aromatic carbocycles. The lowest BCUT2D eigenvalue weighted by Gasteiger charge is -2.15. The lowest BCUT2D eigenvalue weighted by Crippen LogP contribution is -2.31. The molecule has 1 heterocycles. The molecule has 3 aromatic rings. The van der Waals surface area contributed by atoms with Gasteiger partial charge in [-0.25, -0.2) is 0 Å². The van der Waals surface area contributed by atoms with Crippen LogP contribution in [-0.4, -0.2) is 35.7 Å². The van der Waals surface area contributed by atoms with Crippen LogP contribution in [0.15, 0.2) is 77.5 Å². The van der Waals surface area contributed by atoms with Crippen LogP contribution in [-0.2, 0) is 16.1 Å². The predicted octanol–water partition coefficient (Wildman–Crippen LogP) is 3.40. The highest BCUT2D eigenvalue weighted by Crippen LogP contribution is 2.31. The third-order valence-electron chi connectivity index (χ3n) is 5.47. The number of hydrogen-bond acceptors (Lipinski definition) is 7. The fraction of sp³-hybridized carbons (Fsp3) is 0.0769. The maximum Gasteiger partial charge on any atom is 0.279 e. The van der Waals surface area contributed by atoms with Crippen LogP contribution in [0.2, 0.25) is 5.02 Å². The number of carbonyl (C=O) groups excluding carboxylic acids is 4. The molecule has 0 atom stereocenters. The number of amides is 3. The van der Waals surface area contributed by atoms with Crippen molar-refractivity contribution in [3.63, 3.8) is 0 Å². The second kappa shape index (κ2) is 10.7. The first-order chi connectivity index (χ1) is 17.7. The van der Waals surface area contributed by atoms with Crippen LogP contribution in [0.3, 0.4) is 0 Å². The first-order valence-electron chi connectivity index (χ1n) is 10.8. The molecule has 0 spiro atoms. The molecule has 0 saturated carbocycles. The number of methoxy groups -OCH3 is 1. The number of carbonyl (C=O) groups is 4. The van der Waals surface area contributed by atoms with Crippen LogP contribution in [0.25, 0.3) is 0 Å². The zero-order chi connectivity index (χ0) is 26.7. The number of rotatable bonds is 8. The van der Waals surface area contributed by atoms with Gasteiger partial charge in [0.05, 0.1) is 30.3 Å². The van der Waals surface area contributed by atoms with E-state index in [0.717, 1.165) is 16.5 Å². The SMILES string of the molecule is COc1cc(NC(=O)c2ccc(NC3=C(Cl)C(=O)N(Cc4ccccc4)C3=O)cc2)c(Cl)cc1C(=O)[O-]. The summed E-state index contributed by atoms with van der Waals surface area (Å²) in [6, 6.07) is 17.5. The van der Waals surface area contributed by atoms with E-state index in [4.69, 9.17) is 27.9 Å². The monoisotopic (exact) mass is 538 g/mol. The smallest absolute Gasteiger partial charge is 0.279 e. The van der Waals surface area contributed by atoms with Crippen LogP contribution in [0.4, 0.5) is 11.4 Å². The fourth-order valence-corrected chi connectivity index (χ4v) is 4.03. The molecule has 0 saturated heterocycles. The molecule has 0 aromatic heterocycles. The standard InChI is InChI=1S/C26H19Cl2N3O6/c1-37-20-12-19(18(27)11-17(20)26(35)36)30-23(32)15-7-9-16(10-8-15)29-22-21(28)24(33)31(25(22)34)13-14-5-3-2-4-6-14/h2-12,29H,13H2,1H3,(H,30,32)(H,35,36)/p-1. The lowest BCUT2D eigenvalue weighted by atomic mass is 10.1. The highest BCUT2D eigenvalue weighted by molar-refractivity contribution is 6.48. The number of halogens is 2. The number of hydrogen-bond donors (Lipinski definition) is 2. The quantitative estimate of drug-likeness (QED) is 0.420. The molecule has 0 aliphatic carbocycles. The first-order valence-corrected chi connectivity index (χ1v) is 11.5. The van der Waals surface area contributed by atoms with Crippen LogP contribution in [0, 0.1) is 0 Å². The molecule has 0 unspecified atom stereocenters. The Labute approximate surface area is 221 Å². The van der Waals surface area contributed by atoms with Gasteiger partial charge in [0, 0.05) is 22.9 Å². The Bertz CT molecular complexity index is 1440. The summed E-state index contributed by atoms with van der Waals surface area (Å²) in [5, 5.41) is 16.4. The Hall–Kier alpha value is -4.34. The number of benzene rings is 3. The summed E-state index contributed by atoms with van der Waals surface area (Å²) in [4.78, 5) is 50.3. The Morgan fingerprint density at radius 2 is 1.65 bits per heavy atom. The van der Waals surface area contributed by atoms with Crippen molar-refractivity contribution in [2.45, 2.75) is 6.54 Å². The van der Waals surface area contributed by atoms with Crippen molar-refractivity contribution in [3.05, 3.63) is 99.2 Å².